The van der Waals surface area contributed by atoms with Crippen LogP contribution in [-0.2, 0) is 16.0 Å². The van der Waals surface area contributed by atoms with Crippen LogP contribution in [0, 0.1) is 0 Å². The van der Waals surface area contributed by atoms with Crippen LogP contribution in [0.2, 0.25) is 0 Å². The molecule has 0 bridgehead atoms. The summed E-state index contributed by atoms with van der Waals surface area (Å²) in [5, 5.41) is 5.50. The van der Waals surface area contributed by atoms with E-state index in [4.69, 9.17) is 4.74 Å². The molecule has 0 aliphatic heterocycles. The molecular weight excluding hydrogens is 392 g/mol. The smallest absolute Gasteiger partial charge is 0.408 e. The van der Waals surface area contributed by atoms with Crippen molar-refractivity contribution in [3.63, 3.8) is 0 Å². The number of rotatable bonds is 6. The Balaban J connectivity index is 1.71. The van der Waals surface area contributed by atoms with Crippen molar-refractivity contribution in [1.82, 2.24) is 15.3 Å². The molecule has 2 aromatic heterocycles. The molecule has 0 radical (unpaired) electrons. The number of alkyl carbamates (subject to hydrolysis) is 1. The number of anilines is 1. The zero-order chi connectivity index (χ0) is 22.3. The Labute approximate surface area is 181 Å². The quantitative estimate of drug-likeness (QED) is 0.625. The fourth-order valence-corrected chi connectivity index (χ4v) is 2.90. The molecule has 0 spiro atoms. The molecule has 2 heterocycles. The molecule has 0 saturated carbocycles. The summed E-state index contributed by atoms with van der Waals surface area (Å²) in [6.07, 6.45) is 4.66. The van der Waals surface area contributed by atoms with E-state index in [1.54, 1.807) is 45.4 Å². The maximum atomic E-state index is 13.0. The van der Waals surface area contributed by atoms with Gasteiger partial charge < -0.3 is 15.4 Å². The number of carbonyl (C=O) groups is 2. The molecule has 0 unspecified atom stereocenters. The van der Waals surface area contributed by atoms with E-state index >= 15 is 0 Å². The van der Waals surface area contributed by atoms with Gasteiger partial charge in [-0.25, -0.2) is 4.79 Å². The number of ether oxygens (including phenoxy) is 1. The Morgan fingerprint density at radius 2 is 1.71 bits per heavy atom. The molecule has 3 aromatic rings. The van der Waals surface area contributed by atoms with Crippen LogP contribution in [-0.4, -0.2) is 33.6 Å². The summed E-state index contributed by atoms with van der Waals surface area (Å²) in [5.41, 5.74) is 2.50. The number of hydrogen-bond acceptors (Lipinski definition) is 5. The molecule has 0 aliphatic rings. The van der Waals surface area contributed by atoms with E-state index in [0.717, 1.165) is 16.8 Å². The summed E-state index contributed by atoms with van der Waals surface area (Å²) in [6.45, 7) is 5.32. The van der Waals surface area contributed by atoms with Gasteiger partial charge in [-0.2, -0.15) is 0 Å². The van der Waals surface area contributed by atoms with Crippen molar-refractivity contribution in [2.45, 2.75) is 38.8 Å². The Morgan fingerprint density at radius 3 is 2.32 bits per heavy atom. The van der Waals surface area contributed by atoms with E-state index in [1.165, 1.54) is 0 Å². The molecular formula is C24H26N4O3. The standard InChI is InChI=1S/C24H26N4O3/c1-24(2,3)31-23(30)28-21(15-17-7-5-4-6-8-17)22(29)27-19-9-10-20(26-16-19)18-11-13-25-14-12-18/h4-14,16,21H,15H2,1-3H3,(H,27,29)(H,28,30)/t21-/m0/s1. The maximum Gasteiger partial charge on any atom is 0.408 e. The van der Waals surface area contributed by atoms with E-state index in [0.29, 0.717) is 12.1 Å². The van der Waals surface area contributed by atoms with Gasteiger partial charge in [0.25, 0.3) is 0 Å². The lowest BCUT2D eigenvalue weighted by molar-refractivity contribution is -0.118. The lowest BCUT2D eigenvalue weighted by atomic mass is 10.1. The van der Waals surface area contributed by atoms with Gasteiger partial charge in [-0.1, -0.05) is 30.3 Å². The molecule has 0 saturated heterocycles. The van der Waals surface area contributed by atoms with Crippen LogP contribution in [0.15, 0.2) is 73.2 Å². The van der Waals surface area contributed by atoms with Crippen LogP contribution in [0.25, 0.3) is 11.3 Å². The summed E-state index contributed by atoms with van der Waals surface area (Å²) in [6, 6.07) is 16.0. The molecule has 0 fully saturated rings. The molecule has 1 aromatic carbocycles. The first-order valence-corrected chi connectivity index (χ1v) is 10.0. The highest BCUT2D eigenvalue weighted by molar-refractivity contribution is 5.96. The number of nitrogens with zero attached hydrogens (tertiary/aromatic N) is 2. The minimum atomic E-state index is -0.808. The number of hydrogen-bond donors (Lipinski definition) is 2. The first kappa shape index (κ1) is 22.0. The van der Waals surface area contributed by atoms with Gasteiger partial charge in [0.2, 0.25) is 5.91 Å². The molecule has 2 N–H and O–H groups in total. The highest BCUT2D eigenvalue weighted by atomic mass is 16.6. The second-order valence-electron chi connectivity index (χ2n) is 8.05. The molecule has 0 aliphatic carbocycles. The normalized spacial score (nSPS) is 12.0. The Kier molecular flexibility index (Phi) is 6.97. The zero-order valence-corrected chi connectivity index (χ0v) is 17.8. The number of nitrogens with one attached hydrogen (secondary N) is 2. The van der Waals surface area contributed by atoms with Crippen molar-refractivity contribution in [3.05, 3.63) is 78.8 Å². The SMILES string of the molecule is CC(C)(C)OC(=O)N[C@@H](Cc1ccccc1)C(=O)Nc1ccc(-c2ccncc2)nc1. The fraction of sp³-hybridized carbons (Fsp3) is 0.250. The van der Waals surface area contributed by atoms with Gasteiger partial charge in [-0.05, 0) is 50.6 Å². The van der Waals surface area contributed by atoms with Gasteiger partial charge in [0.1, 0.15) is 11.6 Å². The lowest BCUT2D eigenvalue weighted by Crippen LogP contribution is -2.47. The zero-order valence-electron chi connectivity index (χ0n) is 17.8. The Morgan fingerprint density at radius 1 is 1.00 bits per heavy atom. The van der Waals surface area contributed by atoms with E-state index in [-0.39, 0.29) is 5.91 Å². The van der Waals surface area contributed by atoms with Crippen LogP contribution in [0.3, 0.4) is 0 Å². The average Bonchev–Trinajstić information content (AvgIpc) is 2.74. The van der Waals surface area contributed by atoms with Crippen LogP contribution >= 0.6 is 0 Å². The lowest BCUT2D eigenvalue weighted by Gasteiger charge is -2.23. The van der Waals surface area contributed by atoms with Crippen molar-refractivity contribution in [3.8, 4) is 11.3 Å². The third-order valence-corrected chi connectivity index (χ3v) is 4.30. The predicted molar refractivity (Wildman–Crippen MR) is 119 cm³/mol. The second kappa shape index (κ2) is 9.84. The molecule has 3 rings (SSSR count). The molecule has 1 atom stereocenters. The highest BCUT2D eigenvalue weighted by Crippen LogP contribution is 2.18. The highest BCUT2D eigenvalue weighted by Gasteiger charge is 2.25. The van der Waals surface area contributed by atoms with Crippen molar-refractivity contribution in [1.29, 1.82) is 0 Å². The van der Waals surface area contributed by atoms with Gasteiger partial charge in [0, 0.05) is 24.4 Å². The topological polar surface area (TPSA) is 93.2 Å². The van der Waals surface area contributed by atoms with Crippen LogP contribution in [0.4, 0.5) is 10.5 Å². The number of carbonyl (C=O) groups excluding carboxylic acids is 2. The van der Waals surface area contributed by atoms with Gasteiger partial charge in [0.05, 0.1) is 17.6 Å². The van der Waals surface area contributed by atoms with E-state index in [1.807, 2.05) is 48.5 Å². The fourth-order valence-electron chi connectivity index (χ4n) is 2.90. The van der Waals surface area contributed by atoms with Crippen molar-refractivity contribution in [2.75, 3.05) is 5.32 Å². The summed E-state index contributed by atoms with van der Waals surface area (Å²) < 4.78 is 5.32. The van der Waals surface area contributed by atoms with Gasteiger partial charge in [-0.3, -0.25) is 14.8 Å². The van der Waals surface area contributed by atoms with Crippen LogP contribution in [0.1, 0.15) is 26.3 Å². The molecule has 31 heavy (non-hydrogen) atoms. The maximum absolute atomic E-state index is 13.0. The van der Waals surface area contributed by atoms with E-state index < -0.39 is 17.7 Å². The van der Waals surface area contributed by atoms with Gasteiger partial charge >= 0.3 is 6.09 Å². The minimum absolute atomic E-state index is 0.328. The molecule has 7 nitrogen and oxygen atoms in total. The molecule has 7 heteroatoms. The summed E-state index contributed by atoms with van der Waals surface area (Å²) in [7, 11) is 0. The molecule has 2 amide bonds. The molecule has 160 valence electrons. The largest absolute Gasteiger partial charge is 0.444 e. The van der Waals surface area contributed by atoms with Crippen LogP contribution in [0.5, 0.6) is 0 Å². The van der Waals surface area contributed by atoms with Crippen molar-refractivity contribution < 1.29 is 14.3 Å². The third kappa shape index (κ3) is 6.92. The summed E-state index contributed by atoms with van der Waals surface area (Å²) >= 11 is 0. The number of amides is 2. The Hall–Kier alpha value is -3.74. The number of pyridine rings is 2. The number of aromatic nitrogens is 2. The average molecular weight is 418 g/mol. The summed E-state index contributed by atoms with van der Waals surface area (Å²) in [4.78, 5) is 33.6. The summed E-state index contributed by atoms with van der Waals surface area (Å²) in [5.74, 6) is -0.354. The van der Waals surface area contributed by atoms with Gasteiger partial charge in [0.15, 0.2) is 0 Å². The first-order valence-electron chi connectivity index (χ1n) is 10.0. The third-order valence-electron chi connectivity index (χ3n) is 4.30. The second-order valence-corrected chi connectivity index (χ2v) is 8.05. The minimum Gasteiger partial charge on any atom is -0.444 e. The first-order chi connectivity index (χ1) is 14.8. The van der Waals surface area contributed by atoms with Crippen molar-refractivity contribution >= 4 is 17.7 Å². The van der Waals surface area contributed by atoms with E-state index in [2.05, 4.69) is 20.6 Å². The van der Waals surface area contributed by atoms with Crippen molar-refractivity contribution in [2.24, 2.45) is 0 Å². The van der Waals surface area contributed by atoms with E-state index in [9.17, 15) is 9.59 Å². The van der Waals surface area contributed by atoms with Gasteiger partial charge in [-0.15, -0.1) is 0 Å². The Bertz CT molecular complexity index is 1000. The predicted octanol–water partition coefficient (Wildman–Crippen LogP) is 4.22. The monoisotopic (exact) mass is 418 g/mol. The van der Waals surface area contributed by atoms with Crippen LogP contribution < -0.4 is 10.6 Å². The number of benzene rings is 1.